The highest BCUT2D eigenvalue weighted by Crippen LogP contribution is 2.27. The van der Waals surface area contributed by atoms with Crippen molar-refractivity contribution < 1.29 is 0 Å². The van der Waals surface area contributed by atoms with E-state index >= 15 is 0 Å². The Morgan fingerprint density at radius 3 is 2.72 bits per heavy atom. The Balaban J connectivity index is 2.49. The highest BCUT2D eigenvalue weighted by atomic mass is 79.9. The van der Waals surface area contributed by atoms with Crippen molar-refractivity contribution >= 4 is 15.9 Å². The number of hydrogen-bond acceptors (Lipinski definition) is 1. The number of nitrogens with one attached hydrogen (secondary N) is 1. The van der Waals surface area contributed by atoms with E-state index in [1.165, 1.54) is 35.7 Å². The molecule has 0 fully saturated rings. The molecule has 100 valence electrons. The normalized spacial score (nSPS) is 12.3. The van der Waals surface area contributed by atoms with Crippen LogP contribution in [0.4, 0.5) is 0 Å². The van der Waals surface area contributed by atoms with E-state index in [0.717, 1.165) is 13.0 Å². The van der Waals surface area contributed by atoms with Crippen LogP contribution >= 0.6 is 15.9 Å². The lowest BCUT2D eigenvalue weighted by Gasteiger charge is -2.19. The second-order valence-corrected chi connectivity index (χ2v) is 5.41. The SMILES string of the molecule is C=CCCCCCC(NCC)c1ccccc1Br. The Labute approximate surface area is 120 Å². The maximum Gasteiger partial charge on any atom is 0.0331 e. The van der Waals surface area contributed by atoms with Gasteiger partial charge in [0.15, 0.2) is 0 Å². The van der Waals surface area contributed by atoms with Crippen LogP contribution in [-0.4, -0.2) is 6.54 Å². The predicted octanol–water partition coefficient (Wildman–Crippen LogP) is 5.24. The molecule has 0 aromatic heterocycles. The fourth-order valence-electron chi connectivity index (χ4n) is 2.19. The topological polar surface area (TPSA) is 12.0 Å². The van der Waals surface area contributed by atoms with Gasteiger partial charge in [0.25, 0.3) is 0 Å². The van der Waals surface area contributed by atoms with Gasteiger partial charge in [-0.15, -0.1) is 6.58 Å². The van der Waals surface area contributed by atoms with E-state index in [4.69, 9.17) is 0 Å². The van der Waals surface area contributed by atoms with Gasteiger partial charge in [0.2, 0.25) is 0 Å². The van der Waals surface area contributed by atoms with Gasteiger partial charge in [0.1, 0.15) is 0 Å². The number of hydrogen-bond donors (Lipinski definition) is 1. The molecule has 18 heavy (non-hydrogen) atoms. The first-order valence-corrected chi connectivity index (χ1v) is 7.67. The highest BCUT2D eigenvalue weighted by molar-refractivity contribution is 9.10. The molecule has 0 amide bonds. The molecule has 1 aromatic carbocycles. The number of unbranched alkanes of at least 4 members (excludes halogenated alkanes) is 3. The Bertz CT molecular complexity index is 349. The van der Waals surface area contributed by atoms with Crippen molar-refractivity contribution in [3.8, 4) is 0 Å². The molecule has 0 heterocycles. The molecule has 1 unspecified atom stereocenters. The number of benzene rings is 1. The minimum Gasteiger partial charge on any atom is -0.310 e. The van der Waals surface area contributed by atoms with Crippen LogP contribution in [0.1, 0.15) is 50.6 Å². The van der Waals surface area contributed by atoms with Gasteiger partial charge in [0.05, 0.1) is 0 Å². The van der Waals surface area contributed by atoms with Crippen molar-refractivity contribution in [1.82, 2.24) is 5.32 Å². The van der Waals surface area contributed by atoms with Gasteiger partial charge >= 0.3 is 0 Å². The van der Waals surface area contributed by atoms with Crippen molar-refractivity contribution in [1.29, 1.82) is 0 Å². The molecule has 2 heteroatoms. The average molecular weight is 310 g/mol. The molecule has 1 nitrogen and oxygen atoms in total. The molecule has 0 saturated heterocycles. The quantitative estimate of drug-likeness (QED) is 0.486. The highest BCUT2D eigenvalue weighted by Gasteiger charge is 2.12. The molecular formula is C16H24BrN. The van der Waals surface area contributed by atoms with E-state index in [0.29, 0.717) is 6.04 Å². The molecule has 1 rings (SSSR count). The first-order valence-electron chi connectivity index (χ1n) is 6.88. The number of halogens is 1. The first-order chi connectivity index (χ1) is 8.79. The summed E-state index contributed by atoms with van der Waals surface area (Å²) in [5.41, 5.74) is 1.38. The lowest BCUT2D eigenvalue weighted by Crippen LogP contribution is -2.21. The molecule has 1 N–H and O–H groups in total. The Hall–Kier alpha value is -0.600. The fourth-order valence-corrected chi connectivity index (χ4v) is 2.75. The van der Waals surface area contributed by atoms with Gasteiger partial charge in [0, 0.05) is 10.5 Å². The van der Waals surface area contributed by atoms with Gasteiger partial charge in [-0.2, -0.15) is 0 Å². The molecule has 0 saturated carbocycles. The monoisotopic (exact) mass is 309 g/mol. The lowest BCUT2D eigenvalue weighted by molar-refractivity contribution is 0.482. The molecule has 1 aromatic rings. The molecular weight excluding hydrogens is 286 g/mol. The zero-order valence-electron chi connectivity index (χ0n) is 11.3. The van der Waals surface area contributed by atoms with Crippen LogP contribution in [0.25, 0.3) is 0 Å². The summed E-state index contributed by atoms with van der Waals surface area (Å²) in [6.45, 7) is 6.94. The van der Waals surface area contributed by atoms with Crippen molar-refractivity contribution in [2.24, 2.45) is 0 Å². The third-order valence-electron chi connectivity index (χ3n) is 3.13. The molecule has 0 aliphatic rings. The number of allylic oxidation sites excluding steroid dienone is 1. The standard InChI is InChI=1S/C16H24BrN/c1-3-5-6-7-8-13-16(18-4-2)14-11-9-10-12-15(14)17/h3,9-12,16,18H,1,4-8,13H2,2H3. The van der Waals surface area contributed by atoms with E-state index in [9.17, 15) is 0 Å². The summed E-state index contributed by atoms with van der Waals surface area (Å²) in [5.74, 6) is 0. The van der Waals surface area contributed by atoms with Gasteiger partial charge in [-0.05, 0) is 37.4 Å². The van der Waals surface area contributed by atoms with Crippen molar-refractivity contribution in [2.45, 2.75) is 45.1 Å². The summed E-state index contributed by atoms with van der Waals surface area (Å²) in [6.07, 6.45) is 8.17. The molecule has 0 aliphatic heterocycles. The third-order valence-corrected chi connectivity index (χ3v) is 3.85. The summed E-state index contributed by atoms with van der Waals surface area (Å²) in [6, 6.07) is 8.98. The third kappa shape index (κ3) is 5.36. The Morgan fingerprint density at radius 1 is 1.28 bits per heavy atom. The maximum absolute atomic E-state index is 3.76. The van der Waals surface area contributed by atoms with Crippen LogP contribution in [0.5, 0.6) is 0 Å². The van der Waals surface area contributed by atoms with Gasteiger partial charge in [-0.25, -0.2) is 0 Å². The van der Waals surface area contributed by atoms with Crippen molar-refractivity contribution in [2.75, 3.05) is 6.54 Å². The smallest absolute Gasteiger partial charge is 0.0331 e. The van der Waals surface area contributed by atoms with E-state index in [1.54, 1.807) is 0 Å². The second-order valence-electron chi connectivity index (χ2n) is 4.56. The lowest BCUT2D eigenvalue weighted by atomic mass is 10.00. The summed E-state index contributed by atoms with van der Waals surface area (Å²) in [5, 5.41) is 3.58. The predicted molar refractivity (Wildman–Crippen MR) is 83.8 cm³/mol. The van der Waals surface area contributed by atoms with Crippen LogP contribution < -0.4 is 5.32 Å². The molecule has 0 radical (unpaired) electrons. The summed E-state index contributed by atoms with van der Waals surface area (Å²) in [7, 11) is 0. The fraction of sp³-hybridized carbons (Fsp3) is 0.500. The van der Waals surface area contributed by atoms with Crippen molar-refractivity contribution in [3.05, 3.63) is 47.0 Å². The molecule has 0 spiro atoms. The molecule has 0 aliphatic carbocycles. The summed E-state index contributed by atoms with van der Waals surface area (Å²) < 4.78 is 1.21. The van der Waals surface area contributed by atoms with E-state index < -0.39 is 0 Å². The van der Waals surface area contributed by atoms with Gasteiger partial charge < -0.3 is 5.32 Å². The minimum absolute atomic E-state index is 0.467. The summed E-state index contributed by atoms with van der Waals surface area (Å²) >= 11 is 3.65. The summed E-state index contributed by atoms with van der Waals surface area (Å²) in [4.78, 5) is 0. The van der Waals surface area contributed by atoms with Crippen LogP contribution in [-0.2, 0) is 0 Å². The van der Waals surface area contributed by atoms with Crippen LogP contribution in [0.2, 0.25) is 0 Å². The Morgan fingerprint density at radius 2 is 2.06 bits per heavy atom. The minimum atomic E-state index is 0.467. The van der Waals surface area contributed by atoms with Gasteiger partial charge in [-0.3, -0.25) is 0 Å². The van der Waals surface area contributed by atoms with Crippen LogP contribution in [0, 0.1) is 0 Å². The van der Waals surface area contributed by atoms with Crippen molar-refractivity contribution in [3.63, 3.8) is 0 Å². The molecule has 1 atom stereocenters. The Kier molecular flexibility index (Phi) is 8.03. The van der Waals surface area contributed by atoms with E-state index in [1.807, 2.05) is 6.08 Å². The maximum atomic E-state index is 3.76. The zero-order valence-corrected chi connectivity index (χ0v) is 12.9. The largest absolute Gasteiger partial charge is 0.310 e. The second kappa shape index (κ2) is 9.35. The van der Waals surface area contributed by atoms with E-state index in [2.05, 4.69) is 59.0 Å². The van der Waals surface area contributed by atoms with Crippen LogP contribution in [0.15, 0.2) is 41.4 Å². The van der Waals surface area contributed by atoms with Crippen LogP contribution in [0.3, 0.4) is 0 Å². The average Bonchev–Trinajstić information content (AvgIpc) is 2.38. The van der Waals surface area contributed by atoms with E-state index in [-0.39, 0.29) is 0 Å². The zero-order chi connectivity index (χ0) is 13.2. The first kappa shape index (κ1) is 15.5. The number of rotatable bonds is 9. The molecule has 0 bridgehead atoms. The van der Waals surface area contributed by atoms with Gasteiger partial charge in [-0.1, -0.05) is 60.0 Å².